The van der Waals surface area contributed by atoms with Crippen LogP contribution in [-0.2, 0) is 0 Å². The highest BCUT2D eigenvalue weighted by molar-refractivity contribution is 5.19. The van der Waals surface area contributed by atoms with E-state index in [4.69, 9.17) is 0 Å². The third kappa shape index (κ3) is 2.08. The van der Waals surface area contributed by atoms with Crippen molar-refractivity contribution in [1.82, 2.24) is 5.32 Å². The lowest BCUT2D eigenvalue weighted by molar-refractivity contribution is 0.117. The van der Waals surface area contributed by atoms with Crippen LogP contribution in [0, 0.1) is 0 Å². The van der Waals surface area contributed by atoms with Crippen LogP contribution in [0.15, 0.2) is 30.3 Å². The van der Waals surface area contributed by atoms with Crippen molar-refractivity contribution < 1.29 is 5.11 Å². The fourth-order valence-corrected chi connectivity index (χ4v) is 1.84. The molecule has 2 nitrogen and oxygen atoms in total. The topological polar surface area (TPSA) is 32.3 Å². The molecule has 2 atom stereocenters. The highest BCUT2D eigenvalue weighted by Crippen LogP contribution is 2.22. The summed E-state index contributed by atoms with van der Waals surface area (Å²) in [6, 6.07) is 10.6. The van der Waals surface area contributed by atoms with Gasteiger partial charge in [-0.05, 0) is 24.9 Å². The zero-order valence-electron chi connectivity index (χ0n) is 7.61. The van der Waals surface area contributed by atoms with E-state index in [1.54, 1.807) is 0 Å². The van der Waals surface area contributed by atoms with Gasteiger partial charge in [0.05, 0.1) is 6.10 Å². The summed E-state index contributed by atoms with van der Waals surface area (Å²) >= 11 is 0. The molecule has 1 aromatic carbocycles. The number of benzene rings is 1. The van der Waals surface area contributed by atoms with Gasteiger partial charge in [-0.3, -0.25) is 0 Å². The molecule has 1 saturated heterocycles. The second kappa shape index (κ2) is 3.90. The number of rotatable bonds is 1. The predicted octanol–water partition coefficient (Wildman–Crippen LogP) is 1.47. The van der Waals surface area contributed by atoms with Crippen molar-refractivity contribution in [2.24, 2.45) is 0 Å². The summed E-state index contributed by atoms with van der Waals surface area (Å²) in [4.78, 5) is 0. The van der Waals surface area contributed by atoms with Crippen molar-refractivity contribution in [3.05, 3.63) is 35.9 Å². The summed E-state index contributed by atoms with van der Waals surface area (Å²) in [6.07, 6.45) is 1.58. The molecule has 0 saturated carbocycles. The highest BCUT2D eigenvalue weighted by Gasteiger charge is 2.20. The van der Waals surface area contributed by atoms with Gasteiger partial charge < -0.3 is 10.4 Å². The summed E-state index contributed by atoms with van der Waals surface area (Å²) in [7, 11) is 0. The maximum atomic E-state index is 9.50. The molecule has 1 aliphatic heterocycles. The van der Waals surface area contributed by atoms with Gasteiger partial charge in [0.2, 0.25) is 0 Å². The number of hydrogen-bond acceptors (Lipinski definition) is 2. The summed E-state index contributed by atoms with van der Waals surface area (Å²) in [5.74, 6) is 0. The number of piperidine rings is 1. The van der Waals surface area contributed by atoms with E-state index in [0.29, 0.717) is 6.04 Å². The minimum absolute atomic E-state index is 0.133. The molecule has 13 heavy (non-hydrogen) atoms. The van der Waals surface area contributed by atoms with Gasteiger partial charge in [0.1, 0.15) is 0 Å². The summed E-state index contributed by atoms with van der Waals surface area (Å²) in [5.41, 5.74) is 1.28. The Morgan fingerprint density at radius 2 is 2.00 bits per heavy atom. The fourth-order valence-electron chi connectivity index (χ4n) is 1.84. The Morgan fingerprint density at radius 3 is 2.69 bits per heavy atom. The third-order valence-electron chi connectivity index (χ3n) is 2.58. The van der Waals surface area contributed by atoms with Crippen LogP contribution in [0.2, 0.25) is 0 Å². The number of nitrogens with one attached hydrogen (secondary N) is 1. The van der Waals surface area contributed by atoms with E-state index in [1.165, 1.54) is 5.56 Å². The van der Waals surface area contributed by atoms with E-state index in [-0.39, 0.29) is 6.10 Å². The molecular formula is C11H15NO. The van der Waals surface area contributed by atoms with Gasteiger partial charge in [-0.2, -0.15) is 0 Å². The zero-order chi connectivity index (χ0) is 9.10. The molecule has 2 heteroatoms. The lowest BCUT2D eigenvalue weighted by atomic mass is 9.96. The van der Waals surface area contributed by atoms with Gasteiger partial charge in [-0.15, -0.1) is 0 Å². The minimum atomic E-state index is -0.133. The summed E-state index contributed by atoms with van der Waals surface area (Å²) in [5, 5.41) is 12.9. The predicted molar refractivity (Wildman–Crippen MR) is 52.4 cm³/mol. The van der Waals surface area contributed by atoms with Crippen LogP contribution in [0.25, 0.3) is 0 Å². The maximum absolute atomic E-state index is 9.50. The number of hydrogen-bond donors (Lipinski definition) is 2. The Bertz CT molecular complexity index is 260. The van der Waals surface area contributed by atoms with Crippen molar-refractivity contribution in [3.63, 3.8) is 0 Å². The Morgan fingerprint density at radius 1 is 1.23 bits per heavy atom. The van der Waals surface area contributed by atoms with Crippen LogP contribution >= 0.6 is 0 Å². The average molecular weight is 177 g/mol. The fraction of sp³-hybridized carbons (Fsp3) is 0.455. The molecule has 2 unspecified atom stereocenters. The highest BCUT2D eigenvalue weighted by atomic mass is 16.3. The van der Waals surface area contributed by atoms with E-state index in [9.17, 15) is 5.11 Å². The SMILES string of the molecule is OC1CCNC(c2ccccc2)C1. The average Bonchev–Trinajstić information content (AvgIpc) is 2.19. The molecule has 2 rings (SSSR count). The van der Waals surface area contributed by atoms with Gasteiger partial charge in [-0.1, -0.05) is 30.3 Å². The van der Waals surface area contributed by atoms with Crippen molar-refractivity contribution in [1.29, 1.82) is 0 Å². The molecule has 0 aromatic heterocycles. The van der Waals surface area contributed by atoms with Crippen molar-refractivity contribution >= 4 is 0 Å². The zero-order valence-corrected chi connectivity index (χ0v) is 7.61. The van der Waals surface area contributed by atoms with Gasteiger partial charge in [0.25, 0.3) is 0 Å². The van der Waals surface area contributed by atoms with E-state index >= 15 is 0 Å². The smallest absolute Gasteiger partial charge is 0.0570 e. The molecule has 0 amide bonds. The monoisotopic (exact) mass is 177 g/mol. The first-order valence-corrected chi connectivity index (χ1v) is 4.82. The van der Waals surface area contributed by atoms with Crippen LogP contribution in [0.4, 0.5) is 0 Å². The van der Waals surface area contributed by atoms with Crippen LogP contribution in [0.1, 0.15) is 24.4 Å². The molecule has 0 spiro atoms. The molecule has 0 radical (unpaired) electrons. The molecular weight excluding hydrogens is 162 g/mol. The quantitative estimate of drug-likeness (QED) is 0.681. The van der Waals surface area contributed by atoms with Gasteiger partial charge in [-0.25, -0.2) is 0 Å². The summed E-state index contributed by atoms with van der Waals surface area (Å²) < 4.78 is 0. The molecule has 2 N–H and O–H groups in total. The van der Waals surface area contributed by atoms with Gasteiger partial charge >= 0.3 is 0 Å². The van der Waals surface area contributed by atoms with E-state index in [2.05, 4.69) is 17.4 Å². The van der Waals surface area contributed by atoms with Crippen LogP contribution in [0.5, 0.6) is 0 Å². The Balaban J connectivity index is 2.08. The number of aliphatic hydroxyl groups excluding tert-OH is 1. The van der Waals surface area contributed by atoms with Crippen molar-refractivity contribution in [2.45, 2.75) is 25.0 Å². The van der Waals surface area contributed by atoms with Crippen LogP contribution in [-0.4, -0.2) is 17.8 Å². The van der Waals surface area contributed by atoms with Crippen LogP contribution in [0.3, 0.4) is 0 Å². The molecule has 0 bridgehead atoms. The maximum Gasteiger partial charge on any atom is 0.0570 e. The first-order valence-electron chi connectivity index (χ1n) is 4.82. The van der Waals surface area contributed by atoms with Crippen LogP contribution < -0.4 is 5.32 Å². The van der Waals surface area contributed by atoms with Crippen molar-refractivity contribution in [2.75, 3.05) is 6.54 Å². The normalized spacial score (nSPS) is 28.7. The van der Waals surface area contributed by atoms with Gasteiger partial charge in [0, 0.05) is 6.04 Å². The first kappa shape index (κ1) is 8.73. The standard InChI is InChI=1S/C11H15NO/c13-10-6-7-12-11(8-10)9-4-2-1-3-5-9/h1-5,10-13H,6-8H2. The Hall–Kier alpha value is -0.860. The number of aliphatic hydroxyl groups is 1. The molecule has 1 aliphatic rings. The lowest BCUT2D eigenvalue weighted by Crippen LogP contribution is -2.34. The molecule has 1 heterocycles. The third-order valence-corrected chi connectivity index (χ3v) is 2.58. The Labute approximate surface area is 78.6 Å². The largest absolute Gasteiger partial charge is 0.393 e. The second-order valence-electron chi connectivity index (χ2n) is 3.60. The van der Waals surface area contributed by atoms with E-state index < -0.39 is 0 Å². The molecule has 70 valence electrons. The second-order valence-corrected chi connectivity index (χ2v) is 3.60. The van der Waals surface area contributed by atoms with Gasteiger partial charge in [0.15, 0.2) is 0 Å². The minimum Gasteiger partial charge on any atom is -0.393 e. The summed E-state index contributed by atoms with van der Waals surface area (Å²) in [6.45, 7) is 0.917. The Kier molecular flexibility index (Phi) is 2.62. The van der Waals surface area contributed by atoms with Crippen molar-refractivity contribution in [3.8, 4) is 0 Å². The van der Waals surface area contributed by atoms with E-state index in [1.807, 2.05) is 18.2 Å². The molecule has 0 aliphatic carbocycles. The molecule has 1 aromatic rings. The molecule has 1 fully saturated rings. The first-order chi connectivity index (χ1) is 6.36. The lowest BCUT2D eigenvalue weighted by Gasteiger charge is -2.27. The van der Waals surface area contributed by atoms with E-state index in [0.717, 1.165) is 19.4 Å².